The van der Waals surface area contributed by atoms with Gasteiger partial charge in [-0.15, -0.1) is 0 Å². The molecule has 1 aliphatic heterocycles. The number of amides is 1. The van der Waals surface area contributed by atoms with Crippen LogP contribution in [0.3, 0.4) is 0 Å². The lowest BCUT2D eigenvalue weighted by atomic mass is 10.2. The predicted octanol–water partition coefficient (Wildman–Crippen LogP) is 1.88. The molecule has 5 nitrogen and oxygen atoms in total. The lowest BCUT2D eigenvalue weighted by molar-refractivity contribution is -0.127. The Hall–Kier alpha value is -1.21. The highest BCUT2D eigenvalue weighted by molar-refractivity contribution is 9.10. The third kappa shape index (κ3) is 3.46. The molecule has 0 radical (unpaired) electrons. The van der Waals surface area contributed by atoms with Crippen LogP contribution in [0, 0.1) is 0 Å². The first-order valence-corrected chi connectivity index (χ1v) is 8.29. The zero-order chi connectivity index (χ0) is 14.7. The standard InChI is InChI=1S/C13H14BrNO4S/c14-11-4-3-9(7-10(11)13(17)18)20(19)8-12(16)15-5-1-2-6-15/h3-4,7H,1-2,5-6,8H2,(H,17,18). The molecule has 1 unspecified atom stereocenters. The number of aromatic carboxylic acids is 1. The Labute approximate surface area is 127 Å². The van der Waals surface area contributed by atoms with Crippen LogP contribution in [0.1, 0.15) is 23.2 Å². The number of benzene rings is 1. The summed E-state index contributed by atoms with van der Waals surface area (Å²) >= 11 is 3.13. The van der Waals surface area contributed by atoms with Gasteiger partial charge in [-0.3, -0.25) is 9.00 Å². The van der Waals surface area contributed by atoms with E-state index in [9.17, 15) is 13.8 Å². The maximum atomic E-state index is 12.2. The number of hydrogen-bond acceptors (Lipinski definition) is 3. The quantitative estimate of drug-likeness (QED) is 0.890. The van der Waals surface area contributed by atoms with Crippen LogP contribution in [0.2, 0.25) is 0 Å². The fraction of sp³-hybridized carbons (Fsp3) is 0.385. The molecule has 1 aliphatic rings. The van der Waals surface area contributed by atoms with Gasteiger partial charge in [-0.1, -0.05) is 0 Å². The number of rotatable bonds is 4. The molecule has 2 rings (SSSR count). The highest BCUT2D eigenvalue weighted by Gasteiger charge is 2.21. The van der Waals surface area contributed by atoms with Gasteiger partial charge < -0.3 is 10.0 Å². The Morgan fingerprint density at radius 2 is 1.95 bits per heavy atom. The second-order valence-electron chi connectivity index (χ2n) is 4.52. The summed E-state index contributed by atoms with van der Waals surface area (Å²) in [5, 5.41) is 9.02. The Bertz CT molecular complexity index is 569. The number of carboxylic acid groups (broad SMARTS) is 1. The van der Waals surface area contributed by atoms with Crippen molar-refractivity contribution in [3.8, 4) is 0 Å². The molecule has 0 aliphatic carbocycles. The number of carbonyl (C=O) groups excluding carboxylic acids is 1. The van der Waals surface area contributed by atoms with E-state index in [4.69, 9.17) is 5.11 Å². The zero-order valence-electron chi connectivity index (χ0n) is 10.7. The smallest absolute Gasteiger partial charge is 0.336 e. The molecule has 1 atom stereocenters. The summed E-state index contributed by atoms with van der Waals surface area (Å²) in [6.07, 6.45) is 1.97. The molecule has 0 spiro atoms. The summed E-state index contributed by atoms with van der Waals surface area (Å²) in [6, 6.07) is 4.46. The third-order valence-corrected chi connectivity index (χ3v) is 5.12. The average Bonchev–Trinajstić information content (AvgIpc) is 2.92. The molecule has 0 bridgehead atoms. The van der Waals surface area contributed by atoms with Gasteiger partial charge in [0.25, 0.3) is 0 Å². The maximum Gasteiger partial charge on any atom is 0.336 e. The number of carboxylic acids is 1. The van der Waals surface area contributed by atoms with Gasteiger partial charge in [0.15, 0.2) is 0 Å². The molecule has 0 aromatic heterocycles. The van der Waals surface area contributed by atoms with Gasteiger partial charge in [-0.05, 0) is 47.0 Å². The highest BCUT2D eigenvalue weighted by atomic mass is 79.9. The van der Waals surface area contributed by atoms with Crippen molar-refractivity contribution in [2.45, 2.75) is 17.7 Å². The summed E-state index contributed by atoms with van der Waals surface area (Å²) in [7, 11) is -1.52. The molecular weight excluding hydrogens is 346 g/mol. The van der Waals surface area contributed by atoms with Gasteiger partial charge in [0.05, 0.1) is 16.4 Å². The van der Waals surface area contributed by atoms with E-state index in [2.05, 4.69) is 15.9 Å². The van der Waals surface area contributed by atoms with Crippen molar-refractivity contribution in [2.75, 3.05) is 18.8 Å². The Kier molecular flexibility index (Phi) is 4.93. The summed E-state index contributed by atoms with van der Waals surface area (Å²) in [4.78, 5) is 25.0. The molecule has 1 heterocycles. The minimum atomic E-state index is -1.52. The lowest BCUT2D eigenvalue weighted by Gasteiger charge is -2.14. The van der Waals surface area contributed by atoms with Crippen LogP contribution >= 0.6 is 15.9 Å². The first-order chi connectivity index (χ1) is 9.49. The second-order valence-corrected chi connectivity index (χ2v) is 6.83. The maximum absolute atomic E-state index is 12.2. The average molecular weight is 360 g/mol. The van der Waals surface area contributed by atoms with Crippen LogP contribution in [-0.2, 0) is 15.6 Å². The van der Waals surface area contributed by atoms with Crippen molar-refractivity contribution in [2.24, 2.45) is 0 Å². The number of halogens is 1. The van der Waals surface area contributed by atoms with E-state index in [-0.39, 0.29) is 17.2 Å². The molecule has 1 aromatic rings. The molecule has 1 N–H and O–H groups in total. The molecule has 108 valence electrons. The van der Waals surface area contributed by atoms with Crippen LogP contribution in [-0.4, -0.2) is 44.9 Å². The molecule has 0 saturated carbocycles. The topological polar surface area (TPSA) is 74.7 Å². The van der Waals surface area contributed by atoms with Crippen molar-refractivity contribution in [3.05, 3.63) is 28.2 Å². The van der Waals surface area contributed by atoms with Crippen molar-refractivity contribution in [1.29, 1.82) is 0 Å². The van der Waals surface area contributed by atoms with E-state index in [1.54, 1.807) is 11.0 Å². The third-order valence-electron chi connectivity index (χ3n) is 3.14. The minimum absolute atomic E-state index is 0.0458. The van der Waals surface area contributed by atoms with Crippen LogP contribution in [0.15, 0.2) is 27.6 Å². The summed E-state index contributed by atoms with van der Waals surface area (Å²) in [6.45, 7) is 1.44. The fourth-order valence-electron chi connectivity index (χ4n) is 2.06. The van der Waals surface area contributed by atoms with Gasteiger partial charge in [0.1, 0.15) is 5.75 Å². The molecule has 1 fully saturated rings. The highest BCUT2D eigenvalue weighted by Crippen LogP contribution is 2.21. The molecule has 20 heavy (non-hydrogen) atoms. The van der Waals surface area contributed by atoms with Gasteiger partial charge in [0.2, 0.25) is 5.91 Å². The molecule has 7 heteroatoms. The van der Waals surface area contributed by atoms with E-state index in [0.29, 0.717) is 9.37 Å². The van der Waals surface area contributed by atoms with Gasteiger partial charge in [-0.25, -0.2) is 4.79 Å². The van der Waals surface area contributed by atoms with E-state index in [1.165, 1.54) is 12.1 Å². The number of hydrogen-bond donors (Lipinski definition) is 1. The Balaban J connectivity index is 2.11. The SMILES string of the molecule is O=C(O)c1cc(S(=O)CC(=O)N2CCCC2)ccc1Br. The lowest BCUT2D eigenvalue weighted by Crippen LogP contribution is -2.31. The van der Waals surface area contributed by atoms with Gasteiger partial charge in [-0.2, -0.15) is 0 Å². The predicted molar refractivity (Wildman–Crippen MR) is 78.2 cm³/mol. The zero-order valence-corrected chi connectivity index (χ0v) is 13.1. The van der Waals surface area contributed by atoms with Crippen LogP contribution in [0.5, 0.6) is 0 Å². The molecular formula is C13H14BrNO4S. The van der Waals surface area contributed by atoms with E-state index in [0.717, 1.165) is 25.9 Å². The summed E-state index contributed by atoms with van der Waals surface area (Å²) < 4.78 is 12.6. The second kappa shape index (κ2) is 6.49. The molecule has 1 saturated heterocycles. The van der Waals surface area contributed by atoms with E-state index in [1.807, 2.05) is 0 Å². The summed E-state index contributed by atoms with van der Waals surface area (Å²) in [5.41, 5.74) is 0.0458. The van der Waals surface area contributed by atoms with Gasteiger partial charge in [0, 0.05) is 22.5 Å². The molecule has 1 amide bonds. The van der Waals surface area contributed by atoms with Crippen molar-refractivity contribution in [3.63, 3.8) is 0 Å². The molecule has 1 aromatic carbocycles. The number of likely N-dealkylation sites (tertiary alicyclic amines) is 1. The monoisotopic (exact) mass is 359 g/mol. The van der Waals surface area contributed by atoms with Crippen molar-refractivity contribution >= 4 is 38.6 Å². The Morgan fingerprint density at radius 1 is 1.30 bits per heavy atom. The summed E-state index contributed by atoms with van der Waals surface area (Å²) in [5.74, 6) is -1.33. The largest absolute Gasteiger partial charge is 0.478 e. The van der Waals surface area contributed by atoms with Crippen molar-refractivity contribution in [1.82, 2.24) is 4.90 Å². The van der Waals surface area contributed by atoms with Crippen molar-refractivity contribution < 1.29 is 18.9 Å². The minimum Gasteiger partial charge on any atom is -0.478 e. The Morgan fingerprint density at radius 3 is 2.55 bits per heavy atom. The number of nitrogens with zero attached hydrogens (tertiary/aromatic N) is 1. The first-order valence-electron chi connectivity index (χ1n) is 6.18. The number of carbonyl (C=O) groups is 2. The van der Waals surface area contributed by atoms with Crippen LogP contribution in [0.4, 0.5) is 0 Å². The van der Waals surface area contributed by atoms with Crippen LogP contribution in [0.25, 0.3) is 0 Å². The van der Waals surface area contributed by atoms with E-state index >= 15 is 0 Å². The van der Waals surface area contributed by atoms with E-state index < -0.39 is 16.8 Å². The van der Waals surface area contributed by atoms with Crippen LogP contribution < -0.4 is 0 Å². The fourth-order valence-corrected chi connectivity index (χ4v) is 3.52. The normalized spacial score (nSPS) is 16.1. The first kappa shape index (κ1) is 15.2. The van der Waals surface area contributed by atoms with Gasteiger partial charge >= 0.3 is 5.97 Å².